The van der Waals surface area contributed by atoms with Gasteiger partial charge in [-0.1, -0.05) is 25.7 Å². The Kier molecular flexibility index (Phi) is 5.59. The van der Waals surface area contributed by atoms with Gasteiger partial charge in [0.15, 0.2) is 0 Å². The fourth-order valence-corrected chi connectivity index (χ4v) is 2.41. The molecule has 1 atom stereocenters. The van der Waals surface area contributed by atoms with Gasteiger partial charge in [0.2, 0.25) is 5.91 Å². The van der Waals surface area contributed by atoms with Crippen LogP contribution in [-0.4, -0.2) is 28.6 Å². The summed E-state index contributed by atoms with van der Waals surface area (Å²) in [7, 11) is 0. The monoisotopic (exact) mass is 256 g/mol. The first-order chi connectivity index (χ1) is 8.46. The van der Waals surface area contributed by atoms with E-state index in [9.17, 15) is 14.7 Å². The Morgan fingerprint density at radius 2 is 1.83 bits per heavy atom. The summed E-state index contributed by atoms with van der Waals surface area (Å²) in [6.07, 6.45) is 5.77. The average molecular weight is 256 g/mol. The van der Waals surface area contributed by atoms with E-state index >= 15 is 0 Å². The summed E-state index contributed by atoms with van der Waals surface area (Å²) in [5.74, 6) is -1.10. The van der Waals surface area contributed by atoms with Gasteiger partial charge in [-0.2, -0.15) is 0 Å². The van der Waals surface area contributed by atoms with Gasteiger partial charge < -0.3 is 16.2 Å². The molecular weight excluding hydrogens is 232 g/mol. The fraction of sp³-hybridized carbons (Fsp3) is 0.846. The number of carbonyl (C=O) groups is 2. The summed E-state index contributed by atoms with van der Waals surface area (Å²) in [6, 6.07) is -0.0364. The Morgan fingerprint density at radius 1 is 1.28 bits per heavy atom. The van der Waals surface area contributed by atoms with E-state index < -0.39 is 11.5 Å². The summed E-state index contributed by atoms with van der Waals surface area (Å²) in [5.41, 5.74) is 4.55. The molecule has 1 aliphatic rings. The highest BCUT2D eigenvalue weighted by Crippen LogP contribution is 2.27. The third-order valence-corrected chi connectivity index (χ3v) is 3.57. The Balaban J connectivity index is 2.61. The number of rotatable bonds is 5. The van der Waals surface area contributed by atoms with Crippen LogP contribution in [0.15, 0.2) is 0 Å². The molecule has 0 aromatic heterocycles. The second-order valence-electron chi connectivity index (χ2n) is 5.37. The minimum Gasteiger partial charge on any atom is -0.480 e. The fourth-order valence-electron chi connectivity index (χ4n) is 2.41. The summed E-state index contributed by atoms with van der Waals surface area (Å²) >= 11 is 0. The maximum absolute atomic E-state index is 11.8. The van der Waals surface area contributed by atoms with E-state index in [2.05, 4.69) is 5.32 Å². The molecule has 104 valence electrons. The van der Waals surface area contributed by atoms with Gasteiger partial charge in [-0.3, -0.25) is 4.79 Å². The molecule has 0 aromatic rings. The summed E-state index contributed by atoms with van der Waals surface area (Å²) in [6.45, 7) is 1.84. The first-order valence-electron chi connectivity index (χ1n) is 6.76. The zero-order chi connectivity index (χ0) is 13.6. The normalized spacial score (nSPS) is 20.8. The maximum atomic E-state index is 11.8. The van der Waals surface area contributed by atoms with Crippen LogP contribution in [0.4, 0.5) is 0 Å². The highest BCUT2D eigenvalue weighted by atomic mass is 16.4. The van der Waals surface area contributed by atoms with Gasteiger partial charge in [0.05, 0.1) is 0 Å². The summed E-state index contributed by atoms with van der Waals surface area (Å²) in [5, 5.41) is 12.1. The molecule has 1 aliphatic carbocycles. The van der Waals surface area contributed by atoms with Crippen LogP contribution in [0.25, 0.3) is 0 Å². The second kappa shape index (κ2) is 6.73. The third kappa shape index (κ3) is 4.29. The first kappa shape index (κ1) is 15.0. The molecule has 0 bridgehead atoms. The molecule has 5 heteroatoms. The van der Waals surface area contributed by atoms with E-state index in [-0.39, 0.29) is 11.9 Å². The van der Waals surface area contributed by atoms with Gasteiger partial charge in [0.25, 0.3) is 0 Å². The minimum atomic E-state index is -1.05. The minimum absolute atomic E-state index is 0.0364. The van der Waals surface area contributed by atoms with Crippen molar-refractivity contribution in [3.8, 4) is 0 Å². The van der Waals surface area contributed by atoms with Crippen molar-refractivity contribution >= 4 is 11.9 Å². The predicted molar refractivity (Wildman–Crippen MR) is 69.1 cm³/mol. The molecule has 0 heterocycles. The lowest BCUT2D eigenvalue weighted by Gasteiger charge is -2.29. The molecule has 0 saturated heterocycles. The topological polar surface area (TPSA) is 92.4 Å². The molecule has 0 aliphatic heterocycles. The third-order valence-electron chi connectivity index (χ3n) is 3.57. The standard InChI is InChI=1S/C13H24N2O3/c1-10(14)6-7-11(16)15-13(12(17)18)8-4-2-3-5-9-13/h10H,2-9,14H2,1H3,(H,15,16)(H,17,18). The average Bonchev–Trinajstić information content (AvgIpc) is 2.53. The molecule has 5 nitrogen and oxygen atoms in total. The largest absolute Gasteiger partial charge is 0.480 e. The molecule has 4 N–H and O–H groups in total. The smallest absolute Gasteiger partial charge is 0.329 e. The quantitative estimate of drug-likeness (QED) is 0.648. The lowest BCUT2D eigenvalue weighted by Crippen LogP contribution is -2.54. The number of hydrogen-bond donors (Lipinski definition) is 3. The lowest BCUT2D eigenvalue weighted by atomic mass is 9.90. The Bertz CT molecular complexity index is 295. The molecule has 1 rings (SSSR count). The van der Waals surface area contributed by atoms with Crippen molar-refractivity contribution in [2.24, 2.45) is 5.73 Å². The Morgan fingerprint density at radius 3 is 2.28 bits per heavy atom. The molecule has 1 amide bonds. The Hall–Kier alpha value is -1.10. The molecular formula is C13H24N2O3. The molecule has 0 aromatic carbocycles. The van der Waals surface area contributed by atoms with Crippen molar-refractivity contribution in [2.75, 3.05) is 0 Å². The van der Waals surface area contributed by atoms with Gasteiger partial charge in [-0.05, 0) is 26.2 Å². The lowest BCUT2D eigenvalue weighted by molar-refractivity contribution is -0.148. The van der Waals surface area contributed by atoms with Crippen LogP contribution >= 0.6 is 0 Å². The van der Waals surface area contributed by atoms with Gasteiger partial charge in [0.1, 0.15) is 5.54 Å². The van der Waals surface area contributed by atoms with E-state index in [0.717, 1.165) is 25.7 Å². The molecule has 18 heavy (non-hydrogen) atoms. The van der Waals surface area contributed by atoms with Crippen LogP contribution in [-0.2, 0) is 9.59 Å². The SMILES string of the molecule is CC(N)CCC(=O)NC1(C(=O)O)CCCCCC1. The van der Waals surface area contributed by atoms with E-state index in [1.807, 2.05) is 6.92 Å². The highest BCUT2D eigenvalue weighted by Gasteiger charge is 2.39. The zero-order valence-corrected chi connectivity index (χ0v) is 11.1. The first-order valence-corrected chi connectivity index (χ1v) is 6.76. The molecule has 0 radical (unpaired) electrons. The van der Waals surface area contributed by atoms with Crippen molar-refractivity contribution in [3.63, 3.8) is 0 Å². The van der Waals surface area contributed by atoms with Crippen LogP contribution in [0.2, 0.25) is 0 Å². The van der Waals surface area contributed by atoms with Gasteiger partial charge >= 0.3 is 5.97 Å². The second-order valence-corrected chi connectivity index (χ2v) is 5.37. The van der Waals surface area contributed by atoms with Crippen LogP contribution in [0, 0.1) is 0 Å². The number of carboxylic acid groups (broad SMARTS) is 1. The van der Waals surface area contributed by atoms with E-state index in [1.54, 1.807) is 0 Å². The summed E-state index contributed by atoms with van der Waals surface area (Å²) in [4.78, 5) is 23.3. The molecule has 1 saturated carbocycles. The number of carbonyl (C=O) groups excluding carboxylic acids is 1. The number of hydrogen-bond acceptors (Lipinski definition) is 3. The number of aliphatic carboxylic acids is 1. The van der Waals surface area contributed by atoms with Crippen molar-refractivity contribution in [1.29, 1.82) is 0 Å². The van der Waals surface area contributed by atoms with Crippen molar-refractivity contribution < 1.29 is 14.7 Å². The predicted octanol–water partition coefficient (Wildman–Crippen LogP) is 1.41. The number of carboxylic acids is 1. The van der Waals surface area contributed by atoms with Gasteiger partial charge in [-0.25, -0.2) is 4.79 Å². The molecule has 1 fully saturated rings. The van der Waals surface area contributed by atoms with Crippen molar-refractivity contribution in [1.82, 2.24) is 5.32 Å². The van der Waals surface area contributed by atoms with Crippen molar-refractivity contribution in [3.05, 3.63) is 0 Å². The Labute approximate surface area is 108 Å². The van der Waals surface area contributed by atoms with E-state index in [4.69, 9.17) is 5.73 Å². The van der Waals surface area contributed by atoms with Crippen LogP contribution in [0.1, 0.15) is 58.3 Å². The van der Waals surface area contributed by atoms with E-state index in [0.29, 0.717) is 25.7 Å². The van der Waals surface area contributed by atoms with Crippen LogP contribution in [0.5, 0.6) is 0 Å². The number of nitrogens with one attached hydrogen (secondary N) is 1. The molecule has 0 spiro atoms. The zero-order valence-electron chi connectivity index (χ0n) is 11.1. The number of amides is 1. The van der Waals surface area contributed by atoms with Gasteiger partial charge in [0, 0.05) is 12.5 Å². The van der Waals surface area contributed by atoms with Crippen LogP contribution in [0.3, 0.4) is 0 Å². The van der Waals surface area contributed by atoms with E-state index in [1.165, 1.54) is 0 Å². The maximum Gasteiger partial charge on any atom is 0.329 e. The van der Waals surface area contributed by atoms with Crippen LogP contribution < -0.4 is 11.1 Å². The van der Waals surface area contributed by atoms with Crippen molar-refractivity contribution in [2.45, 2.75) is 69.9 Å². The summed E-state index contributed by atoms with van der Waals surface area (Å²) < 4.78 is 0. The number of nitrogens with two attached hydrogens (primary N) is 1. The highest BCUT2D eigenvalue weighted by molar-refractivity contribution is 5.87. The molecule has 1 unspecified atom stereocenters. The van der Waals surface area contributed by atoms with Gasteiger partial charge in [-0.15, -0.1) is 0 Å².